The Morgan fingerprint density at radius 3 is 0.576 bits per heavy atom. The number of carbonyl (C=O) groups excluding carboxylic acids is 3. The first-order valence-electron chi connectivity index (χ1n) is 26.1. The Morgan fingerprint density at radius 2 is 0.447 bits per heavy atom. The monoisotopic (exact) mass is 1220 g/mol. The molecule has 0 aliphatic heterocycles. The summed E-state index contributed by atoms with van der Waals surface area (Å²) in [5.74, 6) is -8.65. The zero-order chi connectivity index (χ0) is 62.5. The molecular weight excluding hydrogens is 1150 g/mol. The zero-order valence-electron chi connectivity index (χ0n) is 47.2. The Morgan fingerprint density at radius 1 is 0.306 bits per heavy atom. The van der Waals surface area contributed by atoms with Crippen LogP contribution in [-0.4, -0.2) is 121 Å². The number of aliphatic carboxylic acids is 6. The van der Waals surface area contributed by atoms with Crippen molar-refractivity contribution in [3.8, 4) is 34.5 Å². The summed E-state index contributed by atoms with van der Waals surface area (Å²) in [6, 6.07) is 20.7. The maximum atomic E-state index is 11.5. The number of carbonyl (C=O) groups is 6. The van der Waals surface area contributed by atoms with E-state index in [1.807, 2.05) is 0 Å². The average Bonchev–Trinajstić information content (AvgIpc) is 3.59. The van der Waals surface area contributed by atoms with E-state index in [-0.39, 0.29) is 124 Å². The first-order valence-corrected chi connectivity index (χ1v) is 26.1. The Bertz CT molecular complexity index is 2740. The predicted octanol–water partition coefficient (Wildman–Crippen LogP) is 1.53. The number of phenols is 6. The Balaban J connectivity index is 0.000000332. The number of phenolic OH excluding ortho intramolecular Hbond substituents is 6. The fourth-order valence-corrected chi connectivity index (χ4v) is 8.64. The van der Waals surface area contributed by atoms with E-state index in [4.69, 9.17) is 0 Å². The molecule has 6 unspecified atom stereocenters. The molecule has 0 saturated carbocycles. The molecular formula is C60H69FeN6O18. The van der Waals surface area contributed by atoms with Gasteiger partial charge in [-0.1, -0.05) is 72.8 Å². The summed E-state index contributed by atoms with van der Waals surface area (Å²) in [6.07, 6.45) is 0. The van der Waals surface area contributed by atoms with Crippen LogP contribution in [0.4, 0.5) is 0 Å². The largest absolute Gasteiger partial charge is 3.00 e. The van der Waals surface area contributed by atoms with Gasteiger partial charge in [-0.2, -0.15) is 0 Å². The molecule has 455 valence electrons. The number of benzene rings is 6. The molecule has 6 rings (SSSR count). The van der Waals surface area contributed by atoms with E-state index in [2.05, 4.69) is 31.9 Å². The molecule has 0 aliphatic rings. The van der Waals surface area contributed by atoms with Crippen LogP contribution in [0, 0.1) is 41.5 Å². The van der Waals surface area contributed by atoms with Gasteiger partial charge >= 0.3 is 35.0 Å². The molecule has 0 amide bonds. The van der Waals surface area contributed by atoms with Crippen molar-refractivity contribution in [2.75, 3.05) is 39.3 Å². The Kier molecular flexibility index (Phi) is 27.8. The molecule has 0 saturated heterocycles. The summed E-state index contributed by atoms with van der Waals surface area (Å²) in [4.78, 5) is 68.9. The first-order chi connectivity index (χ1) is 39.6. The van der Waals surface area contributed by atoms with Gasteiger partial charge in [0, 0.05) is 72.6 Å². The second-order valence-electron chi connectivity index (χ2n) is 19.7. The van der Waals surface area contributed by atoms with Crippen LogP contribution >= 0.6 is 0 Å². The fourth-order valence-electron chi connectivity index (χ4n) is 8.64. The van der Waals surface area contributed by atoms with Crippen LogP contribution in [0.3, 0.4) is 0 Å². The topological polar surface area (TPSA) is 426 Å². The normalized spacial score (nSPS) is 12.9. The molecule has 6 aromatic rings. The third-order valence-corrected chi connectivity index (χ3v) is 12.9. The summed E-state index contributed by atoms with van der Waals surface area (Å²) < 4.78 is 0. The molecule has 15 N–H and O–H groups in total. The van der Waals surface area contributed by atoms with Crippen LogP contribution in [0.15, 0.2) is 109 Å². The maximum absolute atomic E-state index is 11.5. The molecule has 0 bridgehead atoms. The standard InChI is InChI=1S/3C20H24N2O6.Fe/c3*1-11-3-5-13(15(23)9-11)17(19(25)26)21-7-8-22-18(20(27)28)14-6-4-12(2)10-16(14)24;/h3*3-6,9-10,17-18,21-24H,7-8H2,1-2H3,(H,25,26)(H,27,28);/q;;;+3/p-3. The number of aryl methyl sites for hydroxylation is 6. The Labute approximate surface area is 500 Å². The third kappa shape index (κ3) is 21.1. The van der Waals surface area contributed by atoms with E-state index in [0.717, 1.165) is 33.4 Å². The van der Waals surface area contributed by atoms with Crippen molar-refractivity contribution in [2.24, 2.45) is 0 Å². The average molecular weight is 1220 g/mol. The molecule has 1 radical (unpaired) electrons. The molecule has 25 heteroatoms. The first kappa shape index (κ1) is 70.5. The minimum Gasteiger partial charge on any atom is -0.548 e. The van der Waals surface area contributed by atoms with Gasteiger partial charge in [0.05, 0.1) is 36.0 Å². The number of rotatable bonds is 27. The molecule has 6 atom stereocenters. The van der Waals surface area contributed by atoms with Crippen molar-refractivity contribution in [3.05, 3.63) is 176 Å². The molecule has 0 heterocycles. The molecule has 85 heavy (non-hydrogen) atoms. The molecule has 0 fully saturated rings. The van der Waals surface area contributed by atoms with E-state index in [1.54, 1.807) is 77.9 Å². The van der Waals surface area contributed by atoms with Gasteiger partial charge in [-0.05, 0) is 111 Å². The number of hydrogen-bond donors (Lipinski definition) is 15. The van der Waals surface area contributed by atoms with E-state index in [0.29, 0.717) is 0 Å². The minimum atomic E-state index is -1.41. The van der Waals surface area contributed by atoms with Gasteiger partial charge in [0.2, 0.25) is 0 Å². The predicted molar refractivity (Wildman–Crippen MR) is 299 cm³/mol. The smallest absolute Gasteiger partial charge is 0.548 e. The third-order valence-electron chi connectivity index (χ3n) is 12.9. The van der Waals surface area contributed by atoms with Crippen molar-refractivity contribution in [3.63, 3.8) is 0 Å². The second kappa shape index (κ2) is 33.5. The second-order valence-corrected chi connectivity index (χ2v) is 19.7. The summed E-state index contributed by atoms with van der Waals surface area (Å²) in [5, 5.41) is 139. The SMILES string of the molecule is Cc1ccc(C(NCCNC(C(=O)O)c2ccc(C)cc2O)C(=O)[O-])c(O)c1.Cc1ccc(C(NCCNC(C(=O)O)c2ccc(C)cc2O)C(=O)[O-])c(O)c1.Cc1ccc(C(NCCNC(C(=O)O)c2ccc(C)cc2O)C(=O)[O-])c(O)c1.[Fe+3]. The van der Waals surface area contributed by atoms with E-state index in [1.165, 1.54) is 72.8 Å². The molecule has 0 aromatic heterocycles. The van der Waals surface area contributed by atoms with E-state index in [9.17, 15) is 90.0 Å². The number of carboxylic acid groups (broad SMARTS) is 6. The van der Waals surface area contributed by atoms with Gasteiger partial charge < -0.3 is 91.6 Å². The van der Waals surface area contributed by atoms with Crippen molar-refractivity contribution in [1.29, 1.82) is 0 Å². The molecule has 24 nitrogen and oxygen atoms in total. The van der Waals surface area contributed by atoms with Crippen LogP contribution in [0.2, 0.25) is 0 Å². The maximum Gasteiger partial charge on any atom is 3.00 e. The number of aromatic hydroxyl groups is 6. The summed E-state index contributed by atoms with van der Waals surface area (Å²) in [5.41, 5.74) is 5.85. The van der Waals surface area contributed by atoms with Crippen LogP contribution in [0.1, 0.15) is 103 Å². The van der Waals surface area contributed by atoms with Crippen molar-refractivity contribution in [1.82, 2.24) is 31.9 Å². The fraction of sp³-hybridized carbons (Fsp3) is 0.300. The van der Waals surface area contributed by atoms with Crippen LogP contribution in [0.5, 0.6) is 34.5 Å². The summed E-state index contributed by atoms with van der Waals surface area (Å²) in [7, 11) is 0. The number of carboxylic acids is 6. The van der Waals surface area contributed by atoms with Gasteiger partial charge in [0.1, 0.15) is 52.6 Å². The molecule has 0 spiro atoms. The van der Waals surface area contributed by atoms with Crippen molar-refractivity contribution in [2.45, 2.75) is 77.8 Å². The number of hydrogen-bond acceptors (Lipinski definition) is 21. The van der Waals surface area contributed by atoms with Crippen LogP contribution < -0.4 is 47.2 Å². The number of nitrogens with one attached hydrogen (secondary N) is 6. The summed E-state index contributed by atoms with van der Waals surface area (Å²) in [6.45, 7) is 11.2. The molecule has 0 aliphatic carbocycles. The van der Waals surface area contributed by atoms with Crippen molar-refractivity contribution < 1.29 is 107 Å². The summed E-state index contributed by atoms with van der Waals surface area (Å²) >= 11 is 0. The van der Waals surface area contributed by atoms with E-state index >= 15 is 0 Å². The molecule has 6 aromatic carbocycles. The van der Waals surface area contributed by atoms with Crippen LogP contribution in [-0.2, 0) is 45.8 Å². The van der Waals surface area contributed by atoms with Crippen molar-refractivity contribution >= 4 is 35.8 Å². The van der Waals surface area contributed by atoms with Gasteiger partial charge in [-0.25, -0.2) is 0 Å². The minimum absolute atomic E-state index is 0. The van der Waals surface area contributed by atoms with Crippen LogP contribution in [0.25, 0.3) is 0 Å². The quantitative estimate of drug-likeness (QED) is 0.0257. The van der Waals surface area contributed by atoms with Gasteiger partial charge in [0.25, 0.3) is 0 Å². The van der Waals surface area contributed by atoms with E-state index < -0.39 is 72.1 Å². The van der Waals surface area contributed by atoms with Gasteiger partial charge in [-0.15, -0.1) is 0 Å². The van der Waals surface area contributed by atoms with Gasteiger partial charge in [-0.3, -0.25) is 30.3 Å². The zero-order valence-corrected chi connectivity index (χ0v) is 48.3. The van der Waals surface area contributed by atoms with Gasteiger partial charge in [0.15, 0.2) is 0 Å². The Hall–Kier alpha value is -8.78.